The maximum Gasteiger partial charge on any atom is 0.0177 e. The van der Waals surface area contributed by atoms with Crippen LogP contribution in [-0.4, -0.2) is 12.1 Å². The lowest BCUT2D eigenvalue weighted by Crippen LogP contribution is -2.36. The topological polar surface area (TPSA) is 12.0 Å². The Labute approximate surface area is 100 Å². The van der Waals surface area contributed by atoms with Crippen LogP contribution in [0, 0.1) is 0 Å². The number of rotatable bonds is 3. The molecule has 0 spiro atoms. The minimum absolute atomic E-state index is 0.377. The van der Waals surface area contributed by atoms with Gasteiger partial charge in [0, 0.05) is 10.0 Å². The van der Waals surface area contributed by atoms with Crippen LogP contribution in [0.15, 0.2) is 28.7 Å². The van der Waals surface area contributed by atoms with Crippen LogP contribution in [-0.2, 0) is 6.42 Å². The van der Waals surface area contributed by atoms with Crippen molar-refractivity contribution in [2.24, 2.45) is 0 Å². The molecule has 1 heterocycles. The molecule has 1 unspecified atom stereocenters. The molecular formula is C13H18BrN. The quantitative estimate of drug-likeness (QED) is 0.884. The van der Waals surface area contributed by atoms with Crippen LogP contribution in [0.3, 0.4) is 0 Å². The first-order valence-electron chi connectivity index (χ1n) is 5.67. The number of aryl methyl sites for hydroxylation is 1. The van der Waals surface area contributed by atoms with Crippen LogP contribution >= 0.6 is 15.9 Å². The van der Waals surface area contributed by atoms with Crippen molar-refractivity contribution in [2.45, 2.75) is 38.1 Å². The van der Waals surface area contributed by atoms with Gasteiger partial charge in [-0.25, -0.2) is 0 Å². The van der Waals surface area contributed by atoms with E-state index in [0.29, 0.717) is 5.54 Å². The van der Waals surface area contributed by atoms with E-state index >= 15 is 0 Å². The summed E-state index contributed by atoms with van der Waals surface area (Å²) in [6, 6.07) is 8.63. The lowest BCUT2D eigenvalue weighted by atomic mass is 9.92. The van der Waals surface area contributed by atoms with Crippen molar-refractivity contribution in [3.8, 4) is 0 Å². The van der Waals surface area contributed by atoms with E-state index in [1.165, 1.54) is 42.3 Å². The monoisotopic (exact) mass is 267 g/mol. The van der Waals surface area contributed by atoms with Crippen LogP contribution in [0.2, 0.25) is 0 Å². The molecule has 1 aromatic carbocycles. The highest BCUT2D eigenvalue weighted by Crippen LogP contribution is 2.24. The van der Waals surface area contributed by atoms with Gasteiger partial charge < -0.3 is 5.32 Å². The van der Waals surface area contributed by atoms with Gasteiger partial charge in [-0.2, -0.15) is 0 Å². The summed E-state index contributed by atoms with van der Waals surface area (Å²) in [4.78, 5) is 0. The Balaban J connectivity index is 1.92. The fourth-order valence-electron chi connectivity index (χ4n) is 2.28. The SMILES string of the molecule is CC1(CCc2cccc(Br)c2)CCCN1. The van der Waals surface area contributed by atoms with Gasteiger partial charge in [0.25, 0.3) is 0 Å². The summed E-state index contributed by atoms with van der Waals surface area (Å²) in [6.07, 6.45) is 5.06. The van der Waals surface area contributed by atoms with Crippen LogP contribution < -0.4 is 5.32 Å². The van der Waals surface area contributed by atoms with Crippen LogP contribution in [0.4, 0.5) is 0 Å². The Kier molecular flexibility index (Phi) is 3.47. The predicted octanol–water partition coefficient (Wildman–Crippen LogP) is 3.52. The fourth-order valence-corrected chi connectivity index (χ4v) is 2.73. The normalized spacial score (nSPS) is 25.7. The zero-order chi connectivity index (χ0) is 10.7. The van der Waals surface area contributed by atoms with E-state index in [2.05, 4.69) is 52.4 Å². The standard InChI is InChI=1S/C13H18BrN/c1-13(7-3-9-15-13)8-6-11-4-2-5-12(14)10-11/h2,4-5,10,15H,3,6-9H2,1H3. The molecule has 0 amide bonds. The second kappa shape index (κ2) is 4.67. The van der Waals surface area contributed by atoms with E-state index in [1.54, 1.807) is 0 Å². The highest BCUT2D eigenvalue weighted by Gasteiger charge is 2.27. The molecule has 1 nitrogen and oxygen atoms in total. The van der Waals surface area contributed by atoms with E-state index in [9.17, 15) is 0 Å². The van der Waals surface area contributed by atoms with E-state index < -0.39 is 0 Å². The number of hydrogen-bond acceptors (Lipinski definition) is 1. The first kappa shape index (κ1) is 11.2. The van der Waals surface area contributed by atoms with Crippen molar-refractivity contribution in [3.63, 3.8) is 0 Å². The lowest BCUT2D eigenvalue weighted by molar-refractivity contribution is 0.384. The third-order valence-corrected chi connectivity index (χ3v) is 3.80. The third-order valence-electron chi connectivity index (χ3n) is 3.31. The van der Waals surface area contributed by atoms with Crippen molar-refractivity contribution < 1.29 is 0 Å². The first-order chi connectivity index (χ1) is 7.18. The molecule has 0 radical (unpaired) electrons. The molecule has 1 saturated heterocycles. The van der Waals surface area contributed by atoms with E-state index in [4.69, 9.17) is 0 Å². The molecule has 1 fully saturated rings. The minimum Gasteiger partial charge on any atom is -0.312 e. The largest absolute Gasteiger partial charge is 0.312 e. The van der Waals surface area contributed by atoms with Gasteiger partial charge in [0.1, 0.15) is 0 Å². The lowest BCUT2D eigenvalue weighted by Gasteiger charge is -2.24. The second-order valence-electron chi connectivity index (χ2n) is 4.72. The smallest absolute Gasteiger partial charge is 0.0177 e. The van der Waals surface area contributed by atoms with Gasteiger partial charge in [0.05, 0.1) is 0 Å². The molecule has 82 valence electrons. The summed E-state index contributed by atoms with van der Waals surface area (Å²) in [7, 11) is 0. The average Bonchev–Trinajstić information content (AvgIpc) is 2.63. The van der Waals surface area contributed by atoms with Gasteiger partial charge in [0.15, 0.2) is 0 Å². The van der Waals surface area contributed by atoms with Crippen molar-refractivity contribution >= 4 is 15.9 Å². The van der Waals surface area contributed by atoms with Gasteiger partial charge in [-0.3, -0.25) is 0 Å². The van der Waals surface area contributed by atoms with Gasteiger partial charge >= 0.3 is 0 Å². The molecule has 1 aromatic rings. The van der Waals surface area contributed by atoms with Crippen molar-refractivity contribution in [1.29, 1.82) is 0 Å². The van der Waals surface area contributed by atoms with Gasteiger partial charge in [0.2, 0.25) is 0 Å². The highest BCUT2D eigenvalue weighted by atomic mass is 79.9. The molecule has 2 rings (SSSR count). The van der Waals surface area contributed by atoms with Gasteiger partial charge in [-0.1, -0.05) is 28.1 Å². The maximum absolute atomic E-state index is 3.61. The zero-order valence-electron chi connectivity index (χ0n) is 9.22. The van der Waals surface area contributed by atoms with Gasteiger partial charge in [-0.15, -0.1) is 0 Å². The number of halogens is 1. The van der Waals surface area contributed by atoms with Crippen LogP contribution in [0.1, 0.15) is 31.7 Å². The van der Waals surface area contributed by atoms with Gasteiger partial charge in [-0.05, 0) is 56.8 Å². The zero-order valence-corrected chi connectivity index (χ0v) is 10.8. The third kappa shape index (κ3) is 3.05. The summed E-state index contributed by atoms with van der Waals surface area (Å²) in [6.45, 7) is 3.53. The Hall–Kier alpha value is -0.340. The molecule has 15 heavy (non-hydrogen) atoms. The fraction of sp³-hybridized carbons (Fsp3) is 0.538. The first-order valence-corrected chi connectivity index (χ1v) is 6.47. The second-order valence-corrected chi connectivity index (χ2v) is 5.64. The molecule has 1 aliphatic heterocycles. The van der Waals surface area contributed by atoms with Crippen molar-refractivity contribution in [2.75, 3.05) is 6.54 Å². The Morgan fingerprint density at radius 3 is 3.00 bits per heavy atom. The number of benzene rings is 1. The van der Waals surface area contributed by atoms with E-state index in [1.807, 2.05) is 0 Å². The summed E-state index contributed by atoms with van der Waals surface area (Å²) in [5.74, 6) is 0. The summed E-state index contributed by atoms with van der Waals surface area (Å²) in [5.41, 5.74) is 1.81. The molecule has 1 N–H and O–H groups in total. The Morgan fingerprint density at radius 2 is 2.33 bits per heavy atom. The molecule has 1 atom stereocenters. The van der Waals surface area contributed by atoms with E-state index in [0.717, 1.165) is 0 Å². The summed E-state index contributed by atoms with van der Waals surface area (Å²) in [5, 5.41) is 3.61. The van der Waals surface area contributed by atoms with Crippen LogP contribution in [0.25, 0.3) is 0 Å². The van der Waals surface area contributed by atoms with Crippen molar-refractivity contribution in [3.05, 3.63) is 34.3 Å². The van der Waals surface area contributed by atoms with Crippen molar-refractivity contribution in [1.82, 2.24) is 5.32 Å². The minimum atomic E-state index is 0.377. The predicted molar refractivity (Wildman–Crippen MR) is 68.1 cm³/mol. The Bertz CT molecular complexity index is 329. The molecular weight excluding hydrogens is 250 g/mol. The maximum atomic E-state index is 3.61. The molecule has 0 saturated carbocycles. The molecule has 0 aromatic heterocycles. The highest BCUT2D eigenvalue weighted by molar-refractivity contribution is 9.10. The number of hydrogen-bond donors (Lipinski definition) is 1. The molecule has 0 bridgehead atoms. The average molecular weight is 268 g/mol. The Morgan fingerprint density at radius 1 is 1.47 bits per heavy atom. The summed E-state index contributed by atoms with van der Waals surface area (Å²) < 4.78 is 1.18. The van der Waals surface area contributed by atoms with E-state index in [-0.39, 0.29) is 0 Å². The number of nitrogens with one attached hydrogen (secondary N) is 1. The molecule has 0 aliphatic carbocycles. The summed E-state index contributed by atoms with van der Waals surface area (Å²) >= 11 is 3.51. The molecule has 2 heteroatoms. The molecule has 1 aliphatic rings. The van der Waals surface area contributed by atoms with Crippen LogP contribution in [0.5, 0.6) is 0 Å².